The Morgan fingerprint density at radius 2 is 1.95 bits per heavy atom. The molecule has 5 nitrogen and oxygen atoms in total. The molecule has 0 aliphatic carbocycles. The summed E-state index contributed by atoms with van der Waals surface area (Å²) in [7, 11) is 0. The van der Waals surface area contributed by atoms with Crippen LogP contribution in [0.2, 0.25) is 0 Å². The van der Waals surface area contributed by atoms with Crippen molar-refractivity contribution in [1.82, 2.24) is 15.3 Å². The SMILES string of the molecule is CCC(N)(CC)CNC(=O)c1cc(F)cc2nccnc12. The van der Waals surface area contributed by atoms with E-state index in [1.54, 1.807) is 0 Å². The maximum Gasteiger partial charge on any atom is 0.253 e. The first-order chi connectivity index (χ1) is 9.99. The lowest BCUT2D eigenvalue weighted by atomic mass is 9.94. The van der Waals surface area contributed by atoms with Crippen LogP contribution in [0.3, 0.4) is 0 Å². The summed E-state index contributed by atoms with van der Waals surface area (Å²) in [6.07, 6.45) is 4.42. The predicted molar refractivity (Wildman–Crippen MR) is 79.3 cm³/mol. The van der Waals surface area contributed by atoms with E-state index in [1.807, 2.05) is 13.8 Å². The van der Waals surface area contributed by atoms with Gasteiger partial charge in [0.05, 0.1) is 11.1 Å². The van der Waals surface area contributed by atoms with Crippen molar-refractivity contribution in [2.24, 2.45) is 5.73 Å². The highest BCUT2D eigenvalue weighted by Gasteiger charge is 2.22. The van der Waals surface area contributed by atoms with Gasteiger partial charge in [0.15, 0.2) is 0 Å². The van der Waals surface area contributed by atoms with Crippen molar-refractivity contribution < 1.29 is 9.18 Å². The van der Waals surface area contributed by atoms with Crippen LogP contribution >= 0.6 is 0 Å². The summed E-state index contributed by atoms with van der Waals surface area (Å²) in [6.45, 7) is 4.27. The Morgan fingerprint density at radius 3 is 2.62 bits per heavy atom. The molecule has 0 bridgehead atoms. The van der Waals surface area contributed by atoms with Gasteiger partial charge in [0.25, 0.3) is 5.91 Å². The van der Waals surface area contributed by atoms with Crippen LogP contribution in [-0.2, 0) is 0 Å². The van der Waals surface area contributed by atoms with Crippen molar-refractivity contribution in [2.45, 2.75) is 32.2 Å². The summed E-state index contributed by atoms with van der Waals surface area (Å²) in [5.74, 6) is -0.908. The highest BCUT2D eigenvalue weighted by Crippen LogP contribution is 2.17. The molecular formula is C15H19FN4O. The van der Waals surface area contributed by atoms with Crippen molar-refractivity contribution in [3.63, 3.8) is 0 Å². The molecule has 0 aliphatic rings. The van der Waals surface area contributed by atoms with Gasteiger partial charge in [0, 0.05) is 30.5 Å². The van der Waals surface area contributed by atoms with Gasteiger partial charge in [0.1, 0.15) is 11.3 Å². The van der Waals surface area contributed by atoms with Crippen LogP contribution in [0.4, 0.5) is 4.39 Å². The third-order valence-electron chi connectivity index (χ3n) is 3.79. The number of hydrogen-bond acceptors (Lipinski definition) is 4. The number of rotatable bonds is 5. The van der Waals surface area contributed by atoms with Crippen LogP contribution in [0.5, 0.6) is 0 Å². The number of benzene rings is 1. The Balaban J connectivity index is 2.27. The van der Waals surface area contributed by atoms with Crippen molar-refractivity contribution >= 4 is 16.9 Å². The van der Waals surface area contributed by atoms with E-state index in [9.17, 15) is 9.18 Å². The highest BCUT2D eigenvalue weighted by molar-refractivity contribution is 6.04. The molecule has 3 N–H and O–H groups in total. The highest BCUT2D eigenvalue weighted by atomic mass is 19.1. The Kier molecular flexibility index (Phi) is 4.47. The predicted octanol–water partition coefficient (Wildman–Crippen LogP) is 2.02. The van der Waals surface area contributed by atoms with Gasteiger partial charge >= 0.3 is 0 Å². The van der Waals surface area contributed by atoms with E-state index in [1.165, 1.54) is 24.5 Å². The summed E-state index contributed by atoms with van der Waals surface area (Å²) in [5, 5.41) is 2.76. The number of carbonyl (C=O) groups is 1. The monoisotopic (exact) mass is 290 g/mol. The van der Waals surface area contributed by atoms with Crippen molar-refractivity contribution in [2.75, 3.05) is 6.54 Å². The van der Waals surface area contributed by atoms with Crippen molar-refractivity contribution in [3.8, 4) is 0 Å². The van der Waals surface area contributed by atoms with E-state index in [2.05, 4.69) is 15.3 Å². The third-order valence-corrected chi connectivity index (χ3v) is 3.79. The standard InChI is InChI=1S/C15H19FN4O/c1-3-15(17,4-2)9-20-14(21)11-7-10(16)8-12-13(11)19-6-5-18-12/h5-8H,3-4,9,17H2,1-2H3,(H,20,21). The summed E-state index contributed by atoms with van der Waals surface area (Å²) in [5.41, 5.74) is 6.60. The molecule has 0 spiro atoms. The second-order valence-corrected chi connectivity index (χ2v) is 5.13. The van der Waals surface area contributed by atoms with Gasteiger partial charge in [0.2, 0.25) is 0 Å². The number of nitrogens with two attached hydrogens (primary N) is 1. The first-order valence-electron chi connectivity index (χ1n) is 6.96. The number of hydrogen-bond donors (Lipinski definition) is 2. The summed E-state index contributed by atoms with van der Waals surface area (Å²) < 4.78 is 13.6. The Labute approximate surface area is 122 Å². The minimum absolute atomic E-state index is 0.174. The molecule has 0 radical (unpaired) electrons. The first-order valence-corrected chi connectivity index (χ1v) is 6.96. The molecule has 6 heteroatoms. The van der Waals surface area contributed by atoms with E-state index < -0.39 is 17.3 Å². The smallest absolute Gasteiger partial charge is 0.253 e. The number of amides is 1. The minimum Gasteiger partial charge on any atom is -0.350 e. The van der Waals surface area contributed by atoms with Gasteiger partial charge in [-0.2, -0.15) is 0 Å². The molecule has 1 aromatic carbocycles. The second-order valence-electron chi connectivity index (χ2n) is 5.13. The van der Waals surface area contributed by atoms with Crippen LogP contribution in [0.15, 0.2) is 24.5 Å². The lowest BCUT2D eigenvalue weighted by Gasteiger charge is -2.26. The Bertz CT molecular complexity index is 655. The molecule has 2 rings (SSSR count). The second kappa shape index (κ2) is 6.13. The van der Waals surface area contributed by atoms with E-state index >= 15 is 0 Å². The molecule has 1 aromatic heterocycles. The zero-order chi connectivity index (χ0) is 15.5. The van der Waals surface area contributed by atoms with Crippen LogP contribution in [0.1, 0.15) is 37.0 Å². The molecule has 0 saturated heterocycles. The molecule has 0 atom stereocenters. The summed E-state index contributed by atoms with van der Waals surface area (Å²) >= 11 is 0. The number of nitrogens with one attached hydrogen (secondary N) is 1. The largest absolute Gasteiger partial charge is 0.350 e. The van der Waals surface area contributed by atoms with Gasteiger partial charge in [-0.15, -0.1) is 0 Å². The Morgan fingerprint density at radius 1 is 1.29 bits per heavy atom. The normalized spacial score (nSPS) is 11.6. The molecule has 0 unspecified atom stereocenters. The van der Waals surface area contributed by atoms with Crippen LogP contribution < -0.4 is 11.1 Å². The fraction of sp³-hybridized carbons (Fsp3) is 0.400. The molecule has 21 heavy (non-hydrogen) atoms. The molecule has 0 aliphatic heterocycles. The fourth-order valence-electron chi connectivity index (χ4n) is 2.07. The van der Waals surface area contributed by atoms with Crippen molar-refractivity contribution in [1.29, 1.82) is 0 Å². The number of halogens is 1. The van der Waals surface area contributed by atoms with E-state index in [-0.39, 0.29) is 5.56 Å². The molecule has 1 heterocycles. The molecule has 2 aromatic rings. The van der Waals surface area contributed by atoms with Crippen molar-refractivity contribution in [3.05, 3.63) is 35.9 Å². The summed E-state index contributed by atoms with van der Waals surface area (Å²) in [6, 6.07) is 2.42. The zero-order valence-corrected chi connectivity index (χ0v) is 12.2. The third kappa shape index (κ3) is 3.33. The number of carbonyl (C=O) groups excluding carboxylic acids is 1. The van der Waals surface area contributed by atoms with Gasteiger partial charge in [-0.3, -0.25) is 14.8 Å². The number of aromatic nitrogens is 2. The lowest BCUT2D eigenvalue weighted by molar-refractivity contribution is 0.0943. The van der Waals surface area contributed by atoms with Crippen LogP contribution in [0, 0.1) is 5.82 Å². The fourth-order valence-corrected chi connectivity index (χ4v) is 2.07. The Hall–Kier alpha value is -2.08. The molecule has 0 saturated carbocycles. The average molecular weight is 290 g/mol. The quantitative estimate of drug-likeness (QED) is 0.882. The van der Waals surface area contributed by atoms with Gasteiger partial charge in [-0.25, -0.2) is 4.39 Å². The minimum atomic E-state index is -0.516. The molecular weight excluding hydrogens is 271 g/mol. The van der Waals surface area contributed by atoms with E-state index in [4.69, 9.17) is 5.73 Å². The maximum atomic E-state index is 13.6. The van der Waals surface area contributed by atoms with E-state index in [0.29, 0.717) is 17.6 Å². The average Bonchev–Trinajstić information content (AvgIpc) is 2.51. The first kappa shape index (κ1) is 15.3. The van der Waals surface area contributed by atoms with E-state index in [0.717, 1.165) is 12.8 Å². The zero-order valence-electron chi connectivity index (χ0n) is 12.2. The molecule has 1 amide bonds. The maximum absolute atomic E-state index is 13.6. The van der Waals surface area contributed by atoms with Gasteiger partial charge < -0.3 is 11.1 Å². The lowest BCUT2D eigenvalue weighted by Crippen LogP contribution is -2.49. The molecule has 112 valence electrons. The van der Waals surface area contributed by atoms with Gasteiger partial charge in [-0.05, 0) is 18.9 Å². The van der Waals surface area contributed by atoms with Crippen LogP contribution in [-0.4, -0.2) is 28.0 Å². The topological polar surface area (TPSA) is 80.9 Å². The number of fused-ring (bicyclic) bond motifs is 1. The van der Waals surface area contributed by atoms with Crippen LogP contribution in [0.25, 0.3) is 11.0 Å². The molecule has 0 fully saturated rings. The summed E-state index contributed by atoms with van der Waals surface area (Å²) in [4.78, 5) is 20.4. The number of nitrogens with zero attached hydrogens (tertiary/aromatic N) is 2. The van der Waals surface area contributed by atoms with Gasteiger partial charge in [-0.1, -0.05) is 13.8 Å².